The first kappa shape index (κ1) is 19.5. The summed E-state index contributed by atoms with van der Waals surface area (Å²) in [5.41, 5.74) is 3.74. The van der Waals surface area contributed by atoms with Crippen LogP contribution in [0.4, 0.5) is 5.13 Å². The van der Waals surface area contributed by atoms with Crippen LogP contribution in [0.5, 0.6) is 0 Å². The SMILES string of the molecule is Cc1ccc(-c2n[nH]c(=S)n2CC(=O)Nc2nc(-c3ccc(Cl)cc3)cs2)cc1. The predicted octanol–water partition coefficient (Wildman–Crippen LogP) is 5.33. The van der Waals surface area contributed by atoms with E-state index in [-0.39, 0.29) is 12.5 Å². The number of carbonyl (C=O) groups excluding carboxylic acids is 1. The molecular weight excluding hydrogens is 426 g/mol. The Hall–Kier alpha value is -2.81. The standard InChI is InChI=1S/C20H16ClN5OS2/c1-12-2-4-14(5-3-12)18-24-25-20(28)26(18)10-17(27)23-19-22-16(11-29-19)13-6-8-15(21)9-7-13/h2-9,11H,10H2,1H3,(H,25,28)(H,22,23,27). The molecule has 146 valence electrons. The van der Waals surface area contributed by atoms with Gasteiger partial charge in [0.1, 0.15) is 6.54 Å². The molecule has 0 aliphatic carbocycles. The van der Waals surface area contributed by atoms with E-state index in [1.165, 1.54) is 11.3 Å². The van der Waals surface area contributed by atoms with Crippen molar-refractivity contribution in [2.75, 3.05) is 5.32 Å². The molecule has 0 spiro atoms. The summed E-state index contributed by atoms with van der Waals surface area (Å²) in [5, 5.41) is 12.9. The van der Waals surface area contributed by atoms with E-state index in [1.54, 1.807) is 4.57 Å². The first-order valence-electron chi connectivity index (χ1n) is 8.73. The average Bonchev–Trinajstić information content (AvgIpc) is 3.31. The summed E-state index contributed by atoms with van der Waals surface area (Å²) in [6.45, 7) is 2.05. The molecule has 29 heavy (non-hydrogen) atoms. The number of nitrogens with zero attached hydrogens (tertiary/aromatic N) is 3. The zero-order valence-electron chi connectivity index (χ0n) is 15.3. The molecule has 0 fully saturated rings. The van der Waals surface area contributed by atoms with Gasteiger partial charge < -0.3 is 5.32 Å². The molecular formula is C20H16ClN5OS2. The average molecular weight is 442 g/mol. The van der Waals surface area contributed by atoms with Crippen LogP contribution in [0.25, 0.3) is 22.6 Å². The lowest BCUT2D eigenvalue weighted by molar-refractivity contribution is -0.116. The van der Waals surface area contributed by atoms with E-state index < -0.39 is 0 Å². The maximum absolute atomic E-state index is 12.6. The minimum absolute atomic E-state index is 0.0361. The summed E-state index contributed by atoms with van der Waals surface area (Å²) in [6.07, 6.45) is 0. The minimum atomic E-state index is -0.229. The van der Waals surface area contributed by atoms with Crippen LogP contribution in [-0.4, -0.2) is 25.7 Å². The molecule has 2 heterocycles. The first-order chi connectivity index (χ1) is 14.0. The zero-order valence-corrected chi connectivity index (χ0v) is 17.7. The number of rotatable bonds is 5. The molecule has 6 nitrogen and oxygen atoms in total. The number of carbonyl (C=O) groups is 1. The fraction of sp³-hybridized carbons (Fsp3) is 0.100. The Morgan fingerprint density at radius 1 is 1.17 bits per heavy atom. The second kappa shape index (κ2) is 8.28. The normalized spacial score (nSPS) is 10.8. The number of aromatic nitrogens is 4. The van der Waals surface area contributed by atoms with Crippen molar-refractivity contribution < 1.29 is 4.79 Å². The molecule has 4 rings (SSSR count). The highest BCUT2D eigenvalue weighted by atomic mass is 35.5. The number of aromatic amines is 1. The molecule has 2 aromatic heterocycles. The van der Waals surface area contributed by atoms with Crippen LogP contribution < -0.4 is 5.32 Å². The summed E-state index contributed by atoms with van der Waals surface area (Å²) in [4.78, 5) is 17.1. The van der Waals surface area contributed by atoms with Gasteiger partial charge >= 0.3 is 0 Å². The number of aryl methyl sites for hydroxylation is 1. The smallest absolute Gasteiger partial charge is 0.246 e. The van der Waals surface area contributed by atoms with Gasteiger partial charge in [-0.2, -0.15) is 5.10 Å². The third kappa shape index (κ3) is 4.45. The van der Waals surface area contributed by atoms with Crippen molar-refractivity contribution in [1.82, 2.24) is 19.7 Å². The molecule has 0 saturated carbocycles. The van der Waals surface area contributed by atoms with Gasteiger partial charge in [-0.1, -0.05) is 53.6 Å². The third-order valence-electron chi connectivity index (χ3n) is 4.26. The Morgan fingerprint density at radius 2 is 1.86 bits per heavy atom. The quantitative estimate of drug-likeness (QED) is 0.410. The van der Waals surface area contributed by atoms with Gasteiger partial charge in [-0.3, -0.25) is 14.5 Å². The second-order valence-electron chi connectivity index (χ2n) is 6.40. The molecule has 2 N–H and O–H groups in total. The fourth-order valence-electron chi connectivity index (χ4n) is 2.77. The van der Waals surface area contributed by atoms with E-state index in [9.17, 15) is 4.79 Å². The molecule has 0 aliphatic heterocycles. The number of benzene rings is 2. The molecule has 0 radical (unpaired) electrons. The fourth-order valence-corrected chi connectivity index (χ4v) is 3.83. The van der Waals surface area contributed by atoms with E-state index in [1.807, 2.05) is 60.8 Å². The minimum Gasteiger partial charge on any atom is -0.300 e. The molecule has 0 unspecified atom stereocenters. The van der Waals surface area contributed by atoms with Gasteiger partial charge in [0.05, 0.1) is 5.69 Å². The van der Waals surface area contributed by atoms with Crippen molar-refractivity contribution in [3.63, 3.8) is 0 Å². The first-order valence-corrected chi connectivity index (χ1v) is 10.4. The Kier molecular flexibility index (Phi) is 5.57. The molecule has 0 bridgehead atoms. The van der Waals surface area contributed by atoms with E-state index in [2.05, 4.69) is 20.5 Å². The van der Waals surface area contributed by atoms with Gasteiger partial charge in [-0.05, 0) is 31.3 Å². The summed E-state index contributed by atoms with van der Waals surface area (Å²) in [7, 11) is 0. The van der Waals surface area contributed by atoms with Gasteiger partial charge in [0.2, 0.25) is 5.91 Å². The lowest BCUT2D eigenvalue weighted by Crippen LogP contribution is -2.19. The van der Waals surface area contributed by atoms with Crippen LogP contribution in [0.1, 0.15) is 5.56 Å². The highest BCUT2D eigenvalue weighted by Gasteiger charge is 2.14. The summed E-state index contributed by atoms with van der Waals surface area (Å²) >= 11 is 12.6. The number of amides is 1. The number of H-pyrrole nitrogens is 1. The van der Waals surface area contributed by atoms with Crippen molar-refractivity contribution in [1.29, 1.82) is 0 Å². The van der Waals surface area contributed by atoms with E-state index in [0.29, 0.717) is 20.7 Å². The van der Waals surface area contributed by atoms with Crippen LogP contribution in [-0.2, 0) is 11.3 Å². The van der Waals surface area contributed by atoms with E-state index in [4.69, 9.17) is 23.8 Å². The van der Waals surface area contributed by atoms with Crippen LogP contribution in [0.2, 0.25) is 5.02 Å². The Bertz CT molecular complexity index is 1210. The van der Waals surface area contributed by atoms with Crippen LogP contribution in [0.15, 0.2) is 53.9 Å². The maximum Gasteiger partial charge on any atom is 0.246 e. The number of hydrogen-bond acceptors (Lipinski definition) is 5. The monoisotopic (exact) mass is 441 g/mol. The van der Waals surface area contributed by atoms with Gasteiger partial charge in [-0.25, -0.2) is 4.98 Å². The van der Waals surface area contributed by atoms with Gasteiger partial charge in [0.15, 0.2) is 15.7 Å². The molecule has 1 amide bonds. The number of hydrogen-bond donors (Lipinski definition) is 2. The van der Waals surface area contributed by atoms with Gasteiger partial charge in [-0.15, -0.1) is 11.3 Å². The highest BCUT2D eigenvalue weighted by Crippen LogP contribution is 2.26. The van der Waals surface area contributed by atoms with Crippen molar-refractivity contribution in [3.8, 4) is 22.6 Å². The predicted molar refractivity (Wildman–Crippen MR) is 119 cm³/mol. The Balaban J connectivity index is 1.50. The summed E-state index contributed by atoms with van der Waals surface area (Å²) in [6, 6.07) is 15.3. The zero-order chi connectivity index (χ0) is 20.4. The van der Waals surface area contributed by atoms with Gasteiger partial charge in [0, 0.05) is 21.5 Å². The van der Waals surface area contributed by atoms with E-state index in [0.717, 1.165) is 22.4 Å². The van der Waals surface area contributed by atoms with Crippen LogP contribution in [0, 0.1) is 11.7 Å². The topological polar surface area (TPSA) is 75.6 Å². The molecule has 4 aromatic rings. The number of thiazole rings is 1. The number of anilines is 1. The Labute approximate surface area is 181 Å². The van der Waals surface area contributed by atoms with Crippen molar-refractivity contribution in [2.45, 2.75) is 13.5 Å². The molecule has 2 aromatic carbocycles. The van der Waals surface area contributed by atoms with Crippen molar-refractivity contribution in [3.05, 3.63) is 69.3 Å². The molecule has 0 atom stereocenters. The summed E-state index contributed by atoms with van der Waals surface area (Å²) < 4.78 is 2.06. The lowest BCUT2D eigenvalue weighted by atomic mass is 10.1. The molecule has 9 heteroatoms. The Morgan fingerprint density at radius 3 is 2.59 bits per heavy atom. The van der Waals surface area contributed by atoms with E-state index >= 15 is 0 Å². The second-order valence-corrected chi connectivity index (χ2v) is 8.08. The number of nitrogens with one attached hydrogen (secondary N) is 2. The van der Waals surface area contributed by atoms with Gasteiger partial charge in [0.25, 0.3) is 0 Å². The third-order valence-corrected chi connectivity index (χ3v) is 5.58. The van der Waals surface area contributed by atoms with Crippen LogP contribution >= 0.6 is 35.2 Å². The van der Waals surface area contributed by atoms with Crippen LogP contribution in [0.3, 0.4) is 0 Å². The molecule has 0 aliphatic rings. The maximum atomic E-state index is 12.6. The number of halogens is 1. The van der Waals surface area contributed by atoms with Crippen molar-refractivity contribution in [2.24, 2.45) is 0 Å². The summed E-state index contributed by atoms with van der Waals surface area (Å²) in [5.74, 6) is 0.388. The molecule has 0 saturated heterocycles. The highest BCUT2D eigenvalue weighted by molar-refractivity contribution is 7.71. The largest absolute Gasteiger partial charge is 0.300 e. The lowest BCUT2D eigenvalue weighted by Gasteiger charge is -2.07. The van der Waals surface area contributed by atoms with Crippen molar-refractivity contribution >= 4 is 46.2 Å².